The molecule has 0 saturated carbocycles. The molecule has 122 valence electrons. The van der Waals surface area contributed by atoms with Gasteiger partial charge in [-0.1, -0.05) is 30.3 Å². The molecule has 1 saturated heterocycles. The summed E-state index contributed by atoms with van der Waals surface area (Å²) in [4.78, 5) is 13.0. The van der Waals surface area contributed by atoms with Gasteiger partial charge in [0.1, 0.15) is 0 Å². The average molecular weight is 324 g/mol. The van der Waals surface area contributed by atoms with Gasteiger partial charge in [-0.05, 0) is 31.4 Å². The zero-order chi connectivity index (χ0) is 16.0. The fraction of sp³-hybridized carbons (Fsp3) is 0.562. The molecule has 0 radical (unpaired) electrons. The van der Waals surface area contributed by atoms with Crippen LogP contribution in [0.3, 0.4) is 0 Å². The number of amides is 1. The number of rotatable bonds is 8. The zero-order valence-electron chi connectivity index (χ0n) is 12.8. The fourth-order valence-corrected chi connectivity index (χ4v) is 4.15. The maximum absolute atomic E-state index is 11.9. The summed E-state index contributed by atoms with van der Waals surface area (Å²) in [7, 11) is -3.20. The van der Waals surface area contributed by atoms with Gasteiger partial charge in [-0.3, -0.25) is 9.69 Å². The van der Waals surface area contributed by atoms with Crippen LogP contribution in [0, 0.1) is 0 Å². The predicted molar refractivity (Wildman–Crippen MR) is 87.2 cm³/mol. The normalized spacial score (nSPS) is 19.4. The topological polar surface area (TPSA) is 80.5 Å². The van der Waals surface area contributed by atoms with Crippen molar-refractivity contribution in [3.63, 3.8) is 0 Å². The Kier molecular flexibility index (Phi) is 5.97. The van der Waals surface area contributed by atoms with Gasteiger partial charge in [0.2, 0.25) is 5.91 Å². The number of hydrogen-bond donors (Lipinski definition) is 1. The summed E-state index contributed by atoms with van der Waals surface area (Å²) >= 11 is 0. The van der Waals surface area contributed by atoms with Gasteiger partial charge in [-0.15, -0.1) is 0 Å². The van der Waals surface area contributed by atoms with Crippen LogP contribution in [0.2, 0.25) is 0 Å². The van der Waals surface area contributed by atoms with E-state index in [4.69, 9.17) is 5.73 Å². The number of likely N-dealkylation sites (tertiary alicyclic amines) is 1. The van der Waals surface area contributed by atoms with E-state index in [1.54, 1.807) is 0 Å². The van der Waals surface area contributed by atoms with E-state index in [2.05, 4.69) is 17.0 Å². The molecule has 22 heavy (non-hydrogen) atoms. The first-order valence-corrected chi connectivity index (χ1v) is 9.55. The summed E-state index contributed by atoms with van der Waals surface area (Å²) in [6, 6.07) is 10.7. The number of carbonyl (C=O) groups is 1. The number of primary amides is 1. The molecule has 1 aliphatic rings. The lowest BCUT2D eigenvalue weighted by atomic mass is 10.0. The summed E-state index contributed by atoms with van der Waals surface area (Å²) in [6.07, 6.45) is 3.09. The Hall–Kier alpha value is -1.40. The van der Waals surface area contributed by atoms with Crippen LogP contribution in [0.1, 0.15) is 24.8 Å². The van der Waals surface area contributed by atoms with Crippen LogP contribution in [0.15, 0.2) is 30.3 Å². The molecule has 1 atom stereocenters. The zero-order valence-corrected chi connectivity index (χ0v) is 13.6. The Morgan fingerprint density at radius 1 is 1.23 bits per heavy atom. The fourth-order valence-electron chi connectivity index (χ4n) is 2.92. The van der Waals surface area contributed by atoms with Crippen LogP contribution in [0.5, 0.6) is 0 Å². The summed E-state index contributed by atoms with van der Waals surface area (Å²) in [5.41, 5.74) is 6.30. The molecule has 1 heterocycles. The van der Waals surface area contributed by atoms with Gasteiger partial charge in [-0.2, -0.15) is 0 Å². The van der Waals surface area contributed by atoms with E-state index in [1.165, 1.54) is 5.56 Å². The van der Waals surface area contributed by atoms with E-state index in [1.807, 2.05) is 18.2 Å². The number of nitrogens with two attached hydrogens (primary N) is 1. The third-order valence-electron chi connectivity index (χ3n) is 4.16. The Bertz CT molecular complexity index is 587. The van der Waals surface area contributed by atoms with E-state index in [9.17, 15) is 13.2 Å². The van der Waals surface area contributed by atoms with Crippen molar-refractivity contribution in [2.75, 3.05) is 24.6 Å². The Morgan fingerprint density at radius 2 is 1.95 bits per heavy atom. The molecular weight excluding hydrogens is 300 g/mol. The molecule has 0 bridgehead atoms. The quantitative estimate of drug-likeness (QED) is 0.773. The average Bonchev–Trinajstić information content (AvgIpc) is 2.92. The lowest BCUT2D eigenvalue weighted by Gasteiger charge is -2.24. The molecule has 5 nitrogen and oxygen atoms in total. The minimum Gasteiger partial charge on any atom is -0.370 e. The van der Waals surface area contributed by atoms with E-state index in [0.717, 1.165) is 25.8 Å². The molecular formula is C16H24N2O3S. The van der Waals surface area contributed by atoms with E-state index in [0.29, 0.717) is 12.6 Å². The standard InChI is InChI=1S/C16H24N2O3S/c17-16(19)8-11-22(20,21)12-10-18-9-4-7-15(18)13-14-5-2-1-3-6-14/h1-3,5-6,15H,4,7-13H2,(H2,17,19). The minimum atomic E-state index is -3.20. The predicted octanol–water partition coefficient (Wildman–Crippen LogP) is 0.984. The van der Waals surface area contributed by atoms with Crippen molar-refractivity contribution in [2.45, 2.75) is 31.7 Å². The van der Waals surface area contributed by atoms with E-state index >= 15 is 0 Å². The summed E-state index contributed by atoms with van der Waals surface area (Å²) in [5.74, 6) is -0.600. The van der Waals surface area contributed by atoms with Gasteiger partial charge in [0, 0.05) is 19.0 Å². The summed E-state index contributed by atoms with van der Waals surface area (Å²) in [5, 5.41) is 0. The Balaban J connectivity index is 1.85. The third kappa shape index (κ3) is 5.42. The lowest BCUT2D eigenvalue weighted by molar-refractivity contribution is -0.117. The largest absolute Gasteiger partial charge is 0.370 e. The number of nitrogens with zero attached hydrogens (tertiary/aromatic N) is 1. The van der Waals surface area contributed by atoms with Gasteiger partial charge in [-0.25, -0.2) is 8.42 Å². The van der Waals surface area contributed by atoms with Crippen molar-refractivity contribution in [3.8, 4) is 0 Å². The van der Waals surface area contributed by atoms with Gasteiger partial charge in [0.15, 0.2) is 9.84 Å². The summed E-state index contributed by atoms with van der Waals surface area (Å²) in [6.45, 7) is 1.49. The van der Waals surface area contributed by atoms with Crippen molar-refractivity contribution in [2.24, 2.45) is 5.73 Å². The van der Waals surface area contributed by atoms with Crippen LogP contribution >= 0.6 is 0 Å². The number of benzene rings is 1. The highest BCUT2D eigenvalue weighted by molar-refractivity contribution is 7.91. The molecule has 1 aromatic rings. The van der Waals surface area contributed by atoms with Crippen molar-refractivity contribution in [1.82, 2.24) is 4.90 Å². The SMILES string of the molecule is NC(=O)CCS(=O)(=O)CCN1CCCC1Cc1ccccc1. The molecule has 1 fully saturated rings. The molecule has 1 unspecified atom stereocenters. The Labute approximate surface area is 132 Å². The molecule has 0 spiro atoms. The number of hydrogen-bond acceptors (Lipinski definition) is 4. The maximum atomic E-state index is 11.9. The number of carbonyl (C=O) groups excluding carboxylic acids is 1. The highest BCUT2D eigenvalue weighted by atomic mass is 32.2. The van der Waals surface area contributed by atoms with E-state index in [-0.39, 0.29) is 17.9 Å². The molecule has 2 N–H and O–H groups in total. The molecule has 0 aromatic heterocycles. The van der Waals surface area contributed by atoms with Gasteiger partial charge >= 0.3 is 0 Å². The highest BCUT2D eigenvalue weighted by Gasteiger charge is 2.26. The molecule has 6 heteroatoms. The second-order valence-electron chi connectivity index (χ2n) is 5.89. The highest BCUT2D eigenvalue weighted by Crippen LogP contribution is 2.21. The van der Waals surface area contributed by atoms with Crippen LogP contribution < -0.4 is 5.73 Å². The number of sulfone groups is 1. The van der Waals surface area contributed by atoms with E-state index < -0.39 is 15.7 Å². The van der Waals surface area contributed by atoms with Crippen LogP contribution in [0.4, 0.5) is 0 Å². The molecule has 1 aliphatic heterocycles. The molecule has 1 amide bonds. The lowest BCUT2D eigenvalue weighted by Crippen LogP contribution is -2.35. The second-order valence-corrected chi connectivity index (χ2v) is 8.19. The monoisotopic (exact) mass is 324 g/mol. The molecule has 0 aliphatic carbocycles. The van der Waals surface area contributed by atoms with Crippen molar-refractivity contribution >= 4 is 15.7 Å². The van der Waals surface area contributed by atoms with Gasteiger partial charge < -0.3 is 5.73 Å². The second kappa shape index (κ2) is 7.74. The molecule has 1 aromatic carbocycles. The first kappa shape index (κ1) is 17.0. The smallest absolute Gasteiger partial charge is 0.218 e. The third-order valence-corrected chi connectivity index (χ3v) is 5.79. The summed E-state index contributed by atoms with van der Waals surface area (Å²) < 4.78 is 23.8. The Morgan fingerprint density at radius 3 is 2.64 bits per heavy atom. The first-order chi connectivity index (χ1) is 10.5. The van der Waals surface area contributed by atoms with Crippen LogP contribution in [-0.4, -0.2) is 49.9 Å². The first-order valence-electron chi connectivity index (χ1n) is 7.73. The van der Waals surface area contributed by atoms with Gasteiger partial charge in [0.05, 0.1) is 11.5 Å². The maximum Gasteiger partial charge on any atom is 0.218 e. The van der Waals surface area contributed by atoms with Gasteiger partial charge in [0.25, 0.3) is 0 Å². The van der Waals surface area contributed by atoms with Crippen LogP contribution in [-0.2, 0) is 21.1 Å². The molecule has 2 rings (SSSR count). The van der Waals surface area contributed by atoms with Crippen molar-refractivity contribution in [1.29, 1.82) is 0 Å². The van der Waals surface area contributed by atoms with Crippen molar-refractivity contribution < 1.29 is 13.2 Å². The van der Waals surface area contributed by atoms with Crippen molar-refractivity contribution in [3.05, 3.63) is 35.9 Å². The van der Waals surface area contributed by atoms with Crippen LogP contribution in [0.25, 0.3) is 0 Å². The minimum absolute atomic E-state index is 0.0875.